The molecule has 1 aliphatic rings. The molecule has 1 aromatic heterocycles. The van der Waals surface area contributed by atoms with Gasteiger partial charge in [-0.15, -0.1) is 0 Å². The second-order valence-corrected chi connectivity index (χ2v) is 7.40. The van der Waals surface area contributed by atoms with Gasteiger partial charge in [0.05, 0.1) is 6.10 Å². The standard InChI is InChI=1S/C16H27N3O4S/c1-2-13(20)7-5-12-6-8-15(21)19(12)9-11-24-10-3-4-14-17-16(22)23-18-14/h12-13,20H,2-11H2,1H3,(H,17,18,22)/t12-,13-/m0/s1. The van der Waals surface area contributed by atoms with Gasteiger partial charge in [-0.05, 0) is 37.9 Å². The first kappa shape index (κ1) is 19.1. The van der Waals surface area contributed by atoms with Crippen LogP contribution >= 0.6 is 11.8 Å². The summed E-state index contributed by atoms with van der Waals surface area (Å²) in [6.07, 6.45) is 5.34. The predicted octanol–water partition coefficient (Wildman–Crippen LogP) is 1.57. The van der Waals surface area contributed by atoms with Crippen molar-refractivity contribution in [1.29, 1.82) is 0 Å². The van der Waals surface area contributed by atoms with Crippen LogP contribution in [0.15, 0.2) is 9.32 Å². The van der Waals surface area contributed by atoms with Crippen molar-refractivity contribution < 1.29 is 14.4 Å². The van der Waals surface area contributed by atoms with E-state index in [9.17, 15) is 14.7 Å². The molecule has 1 aromatic rings. The normalized spacial score (nSPS) is 19.2. The number of amides is 1. The van der Waals surface area contributed by atoms with Crippen molar-refractivity contribution >= 4 is 17.7 Å². The van der Waals surface area contributed by atoms with Crippen molar-refractivity contribution in [2.45, 2.75) is 64.0 Å². The third-order valence-electron chi connectivity index (χ3n) is 4.42. The maximum atomic E-state index is 12.0. The van der Waals surface area contributed by atoms with E-state index in [0.717, 1.165) is 50.2 Å². The van der Waals surface area contributed by atoms with E-state index in [1.54, 1.807) is 11.8 Å². The summed E-state index contributed by atoms with van der Waals surface area (Å²) in [5, 5.41) is 13.3. The van der Waals surface area contributed by atoms with E-state index in [-0.39, 0.29) is 12.0 Å². The highest BCUT2D eigenvalue weighted by molar-refractivity contribution is 7.99. The monoisotopic (exact) mass is 357 g/mol. The first-order valence-electron chi connectivity index (χ1n) is 8.70. The zero-order valence-electron chi connectivity index (χ0n) is 14.2. The van der Waals surface area contributed by atoms with Gasteiger partial charge in [0, 0.05) is 31.2 Å². The highest BCUT2D eigenvalue weighted by atomic mass is 32.2. The largest absolute Gasteiger partial charge is 0.438 e. The Labute approximate surface area is 146 Å². The Hall–Kier alpha value is -1.28. The molecular formula is C16H27N3O4S. The number of aromatic amines is 1. The molecule has 1 fully saturated rings. The molecule has 8 heteroatoms. The Balaban J connectivity index is 1.60. The van der Waals surface area contributed by atoms with Gasteiger partial charge < -0.3 is 10.0 Å². The van der Waals surface area contributed by atoms with Crippen LogP contribution in [-0.4, -0.2) is 56.3 Å². The molecule has 24 heavy (non-hydrogen) atoms. The molecule has 1 saturated heterocycles. The van der Waals surface area contributed by atoms with Gasteiger partial charge in [-0.2, -0.15) is 11.8 Å². The van der Waals surface area contributed by atoms with E-state index in [2.05, 4.69) is 14.7 Å². The number of carbonyl (C=O) groups is 1. The van der Waals surface area contributed by atoms with E-state index in [1.165, 1.54) is 0 Å². The Morgan fingerprint density at radius 3 is 3.00 bits per heavy atom. The second kappa shape index (κ2) is 9.88. The average Bonchev–Trinajstić information content (AvgIpc) is 3.14. The summed E-state index contributed by atoms with van der Waals surface area (Å²) in [7, 11) is 0. The number of hydrogen-bond acceptors (Lipinski definition) is 6. The molecular weight excluding hydrogens is 330 g/mol. The minimum Gasteiger partial charge on any atom is -0.393 e. The number of nitrogens with zero attached hydrogens (tertiary/aromatic N) is 2. The lowest BCUT2D eigenvalue weighted by molar-refractivity contribution is -0.128. The molecule has 0 spiro atoms. The summed E-state index contributed by atoms with van der Waals surface area (Å²) >= 11 is 1.81. The number of aliphatic hydroxyl groups excluding tert-OH is 1. The quantitative estimate of drug-likeness (QED) is 0.583. The topological polar surface area (TPSA) is 99.4 Å². The molecule has 1 aliphatic heterocycles. The van der Waals surface area contributed by atoms with E-state index in [0.29, 0.717) is 24.7 Å². The maximum absolute atomic E-state index is 12.0. The Morgan fingerprint density at radius 1 is 1.46 bits per heavy atom. The highest BCUT2D eigenvalue weighted by Crippen LogP contribution is 2.24. The maximum Gasteiger partial charge on any atom is 0.438 e. The van der Waals surface area contributed by atoms with Crippen LogP contribution in [0, 0.1) is 0 Å². The number of aryl methyl sites for hydroxylation is 1. The van der Waals surface area contributed by atoms with Crippen LogP contribution in [0.1, 0.15) is 51.3 Å². The highest BCUT2D eigenvalue weighted by Gasteiger charge is 2.30. The number of hydrogen-bond donors (Lipinski definition) is 2. The number of aromatic nitrogens is 2. The van der Waals surface area contributed by atoms with Gasteiger partial charge in [0.2, 0.25) is 5.91 Å². The molecule has 136 valence electrons. The smallest absolute Gasteiger partial charge is 0.393 e. The van der Waals surface area contributed by atoms with Gasteiger partial charge in [-0.25, -0.2) is 4.79 Å². The van der Waals surface area contributed by atoms with E-state index < -0.39 is 5.76 Å². The SMILES string of the molecule is CC[C@H](O)CC[C@H]1CCC(=O)N1CCSCCCc1noc(=O)[nH]1. The summed E-state index contributed by atoms with van der Waals surface area (Å²) in [5.41, 5.74) is 0. The molecule has 1 amide bonds. The predicted molar refractivity (Wildman–Crippen MR) is 93.0 cm³/mol. The third kappa shape index (κ3) is 5.98. The molecule has 2 rings (SSSR count). The molecule has 7 nitrogen and oxygen atoms in total. The van der Waals surface area contributed by atoms with Gasteiger partial charge in [0.1, 0.15) is 0 Å². The van der Waals surface area contributed by atoms with Crippen LogP contribution in [0.3, 0.4) is 0 Å². The number of carbonyl (C=O) groups excluding carboxylic acids is 1. The van der Waals surface area contributed by atoms with Crippen molar-refractivity contribution in [2.75, 3.05) is 18.1 Å². The van der Waals surface area contributed by atoms with Crippen LogP contribution in [0.4, 0.5) is 0 Å². The third-order valence-corrected chi connectivity index (χ3v) is 5.47. The van der Waals surface area contributed by atoms with Crippen molar-refractivity contribution in [2.24, 2.45) is 0 Å². The Morgan fingerprint density at radius 2 is 2.29 bits per heavy atom. The van der Waals surface area contributed by atoms with Gasteiger partial charge in [-0.3, -0.25) is 14.3 Å². The molecule has 2 N–H and O–H groups in total. The van der Waals surface area contributed by atoms with Gasteiger partial charge >= 0.3 is 5.76 Å². The molecule has 2 atom stereocenters. The fourth-order valence-electron chi connectivity index (χ4n) is 2.96. The summed E-state index contributed by atoms with van der Waals surface area (Å²) in [5.74, 6) is 2.19. The zero-order valence-corrected chi connectivity index (χ0v) is 15.0. The van der Waals surface area contributed by atoms with Crippen LogP contribution in [-0.2, 0) is 11.2 Å². The summed E-state index contributed by atoms with van der Waals surface area (Å²) in [6.45, 7) is 2.75. The van der Waals surface area contributed by atoms with E-state index in [1.807, 2.05) is 11.8 Å². The van der Waals surface area contributed by atoms with Crippen LogP contribution in [0.25, 0.3) is 0 Å². The summed E-state index contributed by atoms with van der Waals surface area (Å²) in [6, 6.07) is 0.291. The molecule has 0 radical (unpaired) electrons. The average molecular weight is 357 g/mol. The molecule has 0 bridgehead atoms. The molecule has 0 unspecified atom stereocenters. The Bertz CT molecular complexity index is 560. The number of nitrogens with one attached hydrogen (secondary N) is 1. The first-order chi connectivity index (χ1) is 11.6. The number of rotatable bonds is 11. The molecule has 0 aromatic carbocycles. The lowest BCUT2D eigenvalue weighted by Crippen LogP contribution is -2.35. The minimum absolute atomic E-state index is 0.242. The summed E-state index contributed by atoms with van der Waals surface area (Å²) < 4.78 is 4.45. The van der Waals surface area contributed by atoms with Gasteiger partial charge in [-0.1, -0.05) is 12.1 Å². The molecule has 0 aliphatic carbocycles. The van der Waals surface area contributed by atoms with E-state index >= 15 is 0 Å². The van der Waals surface area contributed by atoms with Crippen LogP contribution in [0.5, 0.6) is 0 Å². The minimum atomic E-state index is -0.510. The number of H-pyrrole nitrogens is 1. The zero-order chi connectivity index (χ0) is 17.4. The molecule has 2 heterocycles. The van der Waals surface area contributed by atoms with Crippen molar-refractivity contribution in [3.8, 4) is 0 Å². The van der Waals surface area contributed by atoms with E-state index in [4.69, 9.17) is 0 Å². The van der Waals surface area contributed by atoms with Crippen molar-refractivity contribution in [3.63, 3.8) is 0 Å². The number of likely N-dealkylation sites (tertiary alicyclic amines) is 1. The van der Waals surface area contributed by atoms with Crippen LogP contribution < -0.4 is 5.76 Å². The second-order valence-electron chi connectivity index (χ2n) is 6.18. The van der Waals surface area contributed by atoms with Crippen molar-refractivity contribution in [3.05, 3.63) is 16.4 Å². The lowest BCUT2D eigenvalue weighted by atomic mass is 10.0. The Kier molecular flexibility index (Phi) is 7.84. The lowest BCUT2D eigenvalue weighted by Gasteiger charge is -2.25. The van der Waals surface area contributed by atoms with Crippen LogP contribution in [0.2, 0.25) is 0 Å². The van der Waals surface area contributed by atoms with Crippen molar-refractivity contribution in [1.82, 2.24) is 15.0 Å². The first-order valence-corrected chi connectivity index (χ1v) is 9.85. The van der Waals surface area contributed by atoms with Gasteiger partial charge in [0.15, 0.2) is 5.82 Å². The van der Waals surface area contributed by atoms with Gasteiger partial charge in [0.25, 0.3) is 0 Å². The summed E-state index contributed by atoms with van der Waals surface area (Å²) in [4.78, 5) is 27.3. The number of thioether (sulfide) groups is 1. The fraction of sp³-hybridized carbons (Fsp3) is 0.812. The number of aliphatic hydroxyl groups is 1. The fourth-order valence-corrected chi connectivity index (χ4v) is 3.84. The molecule has 0 saturated carbocycles.